The minimum Gasteiger partial charge on any atom is -0.495 e. The van der Waals surface area contributed by atoms with Gasteiger partial charge in [0, 0.05) is 31.4 Å². The number of hydrogen-bond acceptors (Lipinski definition) is 6. The lowest BCUT2D eigenvalue weighted by Crippen LogP contribution is -2.54. The van der Waals surface area contributed by atoms with Gasteiger partial charge in [-0.2, -0.15) is 0 Å². The molecule has 32 heavy (non-hydrogen) atoms. The molecule has 0 amide bonds. The van der Waals surface area contributed by atoms with Crippen LogP contribution < -0.4 is 4.74 Å². The molecule has 1 atom stereocenters. The van der Waals surface area contributed by atoms with Crippen LogP contribution in [0.1, 0.15) is 56.9 Å². The van der Waals surface area contributed by atoms with Crippen molar-refractivity contribution in [3.05, 3.63) is 41.1 Å². The molecular weight excluding hydrogens is 426 g/mol. The molecule has 0 radical (unpaired) electrons. The maximum Gasteiger partial charge on any atom is 0.213 e. The summed E-state index contributed by atoms with van der Waals surface area (Å²) >= 11 is 6.26. The molecule has 0 bridgehead atoms. The summed E-state index contributed by atoms with van der Waals surface area (Å²) in [5.74, 6) is 1.33. The van der Waals surface area contributed by atoms with Crippen LogP contribution in [0.4, 0.5) is 0 Å². The minimum absolute atomic E-state index is 0.0224. The molecular formula is C25H34ClN3O3. The molecule has 3 fully saturated rings. The molecule has 1 unspecified atom stereocenters. The molecule has 1 aromatic carbocycles. The van der Waals surface area contributed by atoms with Crippen LogP contribution in [-0.4, -0.2) is 59.4 Å². The Morgan fingerprint density at radius 2 is 1.88 bits per heavy atom. The Kier molecular flexibility index (Phi) is 6.37. The van der Waals surface area contributed by atoms with Crippen LogP contribution in [0.5, 0.6) is 5.75 Å². The first-order valence-electron chi connectivity index (χ1n) is 12.0. The third-order valence-corrected chi connectivity index (χ3v) is 8.03. The van der Waals surface area contributed by atoms with Gasteiger partial charge in [0.2, 0.25) is 5.90 Å². The number of rotatable bonds is 5. The molecule has 2 aliphatic carbocycles. The van der Waals surface area contributed by atoms with Gasteiger partial charge >= 0.3 is 0 Å². The highest BCUT2D eigenvalue weighted by Crippen LogP contribution is 2.54. The molecule has 2 saturated carbocycles. The van der Waals surface area contributed by atoms with Crippen LogP contribution >= 0.6 is 11.6 Å². The molecule has 7 heteroatoms. The van der Waals surface area contributed by atoms with Crippen molar-refractivity contribution in [1.29, 1.82) is 0 Å². The van der Waals surface area contributed by atoms with E-state index in [1.165, 1.54) is 25.7 Å². The van der Waals surface area contributed by atoms with Gasteiger partial charge in [-0.3, -0.25) is 4.90 Å². The molecule has 1 N–H and O–H groups in total. The number of hydrogen-bond donors (Lipinski definition) is 1. The van der Waals surface area contributed by atoms with Crippen molar-refractivity contribution >= 4 is 17.5 Å². The number of aliphatic hydroxyl groups is 1. The zero-order valence-electron chi connectivity index (χ0n) is 18.9. The lowest BCUT2D eigenvalue weighted by molar-refractivity contribution is -0.0000324. The van der Waals surface area contributed by atoms with E-state index in [1.807, 2.05) is 24.3 Å². The smallest absolute Gasteiger partial charge is 0.213 e. The van der Waals surface area contributed by atoms with Gasteiger partial charge in [0.15, 0.2) is 6.29 Å². The molecule has 1 aromatic rings. The SMILES string of the molecule is COc1ccc(COC2=NC(N3CCC4(CC3)CC4)N(C3CCC(O)CC3)C=C2)cc1Cl. The van der Waals surface area contributed by atoms with E-state index in [0.717, 1.165) is 44.3 Å². The molecule has 1 spiro atoms. The van der Waals surface area contributed by atoms with E-state index in [1.54, 1.807) is 7.11 Å². The largest absolute Gasteiger partial charge is 0.495 e. The lowest BCUT2D eigenvalue weighted by atomic mass is 9.91. The van der Waals surface area contributed by atoms with Crippen LogP contribution in [0, 0.1) is 5.41 Å². The lowest BCUT2D eigenvalue weighted by Gasteiger charge is -2.46. The predicted octanol–water partition coefficient (Wildman–Crippen LogP) is 4.56. The van der Waals surface area contributed by atoms with Crippen molar-refractivity contribution in [2.75, 3.05) is 20.2 Å². The topological polar surface area (TPSA) is 57.5 Å². The Balaban J connectivity index is 1.28. The van der Waals surface area contributed by atoms with Crippen LogP contribution in [0.3, 0.4) is 0 Å². The van der Waals surface area contributed by atoms with E-state index >= 15 is 0 Å². The van der Waals surface area contributed by atoms with Crippen molar-refractivity contribution < 1.29 is 14.6 Å². The number of likely N-dealkylation sites (tertiary alicyclic amines) is 1. The molecule has 174 valence electrons. The van der Waals surface area contributed by atoms with Crippen molar-refractivity contribution in [3.63, 3.8) is 0 Å². The third-order valence-electron chi connectivity index (χ3n) is 7.73. The molecule has 2 aliphatic heterocycles. The summed E-state index contributed by atoms with van der Waals surface area (Å²) in [6.45, 7) is 2.60. The van der Waals surface area contributed by atoms with Crippen LogP contribution in [0.15, 0.2) is 35.5 Å². The zero-order chi connectivity index (χ0) is 22.1. The molecule has 2 heterocycles. The van der Waals surface area contributed by atoms with Crippen LogP contribution in [0.2, 0.25) is 5.02 Å². The van der Waals surface area contributed by atoms with Gasteiger partial charge in [-0.05, 0) is 74.5 Å². The zero-order valence-corrected chi connectivity index (χ0v) is 19.6. The second-order valence-corrected chi connectivity index (χ2v) is 10.2. The predicted molar refractivity (Wildman–Crippen MR) is 126 cm³/mol. The third kappa shape index (κ3) is 4.78. The van der Waals surface area contributed by atoms with E-state index in [2.05, 4.69) is 16.0 Å². The Morgan fingerprint density at radius 3 is 2.53 bits per heavy atom. The summed E-state index contributed by atoms with van der Waals surface area (Å²) in [5, 5.41) is 10.5. The van der Waals surface area contributed by atoms with Gasteiger partial charge in [0.05, 0.1) is 18.2 Å². The Bertz CT molecular complexity index is 867. The van der Waals surface area contributed by atoms with Crippen LogP contribution in [0.25, 0.3) is 0 Å². The summed E-state index contributed by atoms with van der Waals surface area (Å²) in [4.78, 5) is 9.99. The fourth-order valence-electron chi connectivity index (χ4n) is 5.34. The average Bonchev–Trinajstić information content (AvgIpc) is 3.57. The summed E-state index contributed by atoms with van der Waals surface area (Å²) in [6, 6.07) is 6.13. The molecule has 1 saturated heterocycles. The number of halogens is 1. The average molecular weight is 460 g/mol. The summed E-state index contributed by atoms with van der Waals surface area (Å²) in [5.41, 5.74) is 1.62. The Labute approximate surface area is 195 Å². The number of piperidine rings is 1. The number of aliphatic hydroxyl groups excluding tert-OH is 1. The molecule has 4 aliphatic rings. The number of methoxy groups -OCH3 is 1. The minimum atomic E-state index is -0.151. The molecule has 6 nitrogen and oxygen atoms in total. The number of aliphatic imine (C=N–C) groups is 1. The Morgan fingerprint density at radius 1 is 1.12 bits per heavy atom. The van der Waals surface area contributed by atoms with Crippen LogP contribution in [-0.2, 0) is 11.3 Å². The normalized spacial score (nSPS) is 29.7. The first-order chi connectivity index (χ1) is 15.5. The van der Waals surface area contributed by atoms with E-state index in [9.17, 15) is 5.11 Å². The number of nitrogens with zero attached hydrogens (tertiary/aromatic N) is 3. The first-order valence-corrected chi connectivity index (χ1v) is 12.3. The number of benzene rings is 1. The van der Waals surface area contributed by atoms with Crippen molar-refractivity contribution in [3.8, 4) is 5.75 Å². The molecule has 5 rings (SSSR count). The second kappa shape index (κ2) is 9.24. The second-order valence-electron chi connectivity index (χ2n) is 9.83. The summed E-state index contributed by atoms with van der Waals surface area (Å²) < 4.78 is 11.3. The van der Waals surface area contributed by atoms with Crippen molar-refractivity contribution in [2.24, 2.45) is 10.4 Å². The summed E-state index contributed by atoms with van der Waals surface area (Å²) in [6.07, 6.45) is 13.1. The molecule has 0 aromatic heterocycles. The summed E-state index contributed by atoms with van der Waals surface area (Å²) in [7, 11) is 1.61. The van der Waals surface area contributed by atoms with Gasteiger partial charge < -0.3 is 19.5 Å². The quantitative estimate of drug-likeness (QED) is 0.699. The van der Waals surface area contributed by atoms with E-state index in [-0.39, 0.29) is 12.4 Å². The monoisotopic (exact) mass is 459 g/mol. The Hall–Kier alpha value is -1.76. The fourth-order valence-corrected chi connectivity index (χ4v) is 5.62. The van der Waals surface area contributed by atoms with E-state index in [0.29, 0.717) is 34.7 Å². The number of ether oxygens (including phenoxy) is 2. The van der Waals surface area contributed by atoms with Gasteiger partial charge in [-0.15, -0.1) is 0 Å². The highest BCUT2D eigenvalue weighted by molar-refractivity contribution is 6.32. The van der Waals surface area contributed by atoms with E-state index in [4.69, 9.17) is 26.1 Å². The van der Waals surface area contributed by atoms with Gasteiger partial charge in [0.25, 0.3) is 0 Å². The van der Waals surface area contributed by atoms with Gasteiger partial charge in [-0.25, -0.2) is 4.99 Å². The van der Waals surface area contributed by atoms with Gasteiger partial charge in [0.1, 0.15) is 12.4 Å². The van der Waals surface area contributed by atoms with Crippen molar-refractivity contribution in [2.45, 2.75) is 76.4 Å². The maximum atomic E-state index is 9.97. The van der Waals surface area contributed by atoms with Gasteiger partial charge in [-0.1, -0.05) is 17.7 Å². The van der Waals surface area contributed by atoms with Crippen molar-refractivity contribution in [1.82, 2.24) is 9.80 Å². The highest BCUT2D eigenvalue weighted by Gasteiger charge is 2.46. The standard InChI is InChI=1S/C25H34ClN3O3/c1-31-22-7-2-18(16-21(22)26)17-32-23-8-13-29(19-3-5-20(30)6-4-19)24(27-23)28-14-11-25(9-10-25)12-15-28/h2,7-8,13,16,19-20,24,30H,3-6,9-12,14-15,17H2,1H3. The fraction of sp³-hybridized carbons (Fsp3) is 0.640. The maximum absolute atomic E-state index is 9.97. The van der Waals surface area contributed by atoms with E-state index < -0.39 is 0 Å². The first kappa shape index (κ1) is 22.1. The highest BCUT2D eigenvalue weighted by atomic mass is 35.5.